The molecule has 1 saturated heterocycles. The van der Waals surface area contributed by atoms with Gasteiger partial charge in [-0.25, -0.2) is 8.42 Å². The number of fused-ring (bicyclic) bond motifs is 1. The van der Waals surface area contributed by atoms with Crippen molar-refractivity contribution < 1.29 is 27.6 Å². The third kappa shape index (κ3) is 3.81. The number of nitrogens with two attached hydrogens (primary N) is 1. The highest BCUT2D eigenvalue weighted by molar-refractivity contribution is 7.89. The SMILES string of the molecule is COc1ccc(S(=O)(=O)N2CCOC(c3c(C(N)=O)sc4ccccc34)C2)cc1[N+](=O)[O-]. The van der Waals surface area contributed by atoms with Crippen LogP contribution < -0.4 is 10.5 Å². The molecule has 4 rings (SSSR count). The molecule has 2 N–H and O–H groups in total. The molecular weight excluding hydrogens is 458 g/mol. The largest absolute Gasteiger partial charge is 0.490 e. The van der Waals surface area contributed by atoms with Gasteiger partial charge in [-0.1, -0.05) is 18.2 Å². The van der Waals surface area contributed by atoms with E-state index in [1.165, 1.54) is 34.9 Å². The predicted molar refractivity (Wildman–Crippen MR) is 117 cm³/mol. The number of benzene rings is 2. The Morgan fingerprint density at radius 1 is 1.31 bits per heavy atom. The normalized spacial score (nSPS) is 17.3. The van der Waals surface area contributed by atoms with E-state index in [-0.39, 0.29) is 30.3 Å². The van der Waals surface area contributed by atoms with Crippen LogP contribution in [-0.2, 0) is 14.8 Å². The van der Waals surface area contributed by atoms with Crippen molar-refractivity contribution in [1.29, 1.82) is 0 Å². The van der Waals surface area contributed by atoms with Crippen molar-refractivity contribution in [1.82, 2.24) is 4.31 Å². The van der Waals surface area contributed by atoms with Crippen LogP contribution in [0.3, 0.4) is 0 Å². The maximum absolute atomic E-state index is 13.3. The van der Waals surface area contributed by atoms with Crippen molar-refractivity contribution >= 4 is 43.0 Å². The molecule has 1 aromatic heterocycles. The number of morpholine rings is 1. The number of sulfonamides is 1. The van der Waals surface area contributed by atoms with Crippen LogP contribution in [-0.4, -0.2) is 50.4 Å². The first-order valence-corrected chi connectivity index (χ1v) is 11.7. The van der Waals surface area contributed by atoms with Gasteiger partial charge in [0.1, 0.15) is 0 Å². The molecule has 168 valence electrons. The summed E-state index contributed by atoms with van der Waals surface area (Å²) >= 11 is 1.23. The van der Waals surface area contributed by atoms with E-state index in [4.69, 9.17) is 15.2 Å². The highest BCUT2D eigenvalue weighted by atomic mass is 32.2. The fourth-order valence-electron chi connectivity index (χ4n) is 3.71. The van der Waals surface area contributed by atoms with Crippen LogP contribution in [0.1, 0.15) is 21.3 Å². The van der Waals surface area contributed by atoms with Crippen molar-refractivity contribution in [3.05, 3.63) is 63.0 Å². The first-order chi connectivity index (χ1) is 15.2. The highest BCUT2D eigenvalue weighted by Gasteiger charge is 2.35. The van der Waals surface area contributed by atoms with E-state index in [0.29, 0.717) is 10.4 Å². The number of carbonyl (C=O) groups excluding carboxylic acids is 1. The van der Waals surface area contributed by atoms with Gasteiger partial charge in [-0.05, 0) is 23.6 Å². The van der Waals surface area contributed by atoms with Gasteiger partial charge in [0, 0.05) is 29.4 Å². The lowest BCUT2D eigenvalue weighted by atomic mass is 10.0. The van der Waals surface area contributed by atoms with Crippen molar-refractivity contribution in [2.45, 2.75) is 11.0 Å². The molecule has 0 radical (unpaired) electrons. The van der Waals surface area contributed by atoms with Crippen LogP contribution in [0.5, 0.6) is 5.75 Å². The predicted octanol–water partition coefficient (Wildman–Crippen LogP) is 2.68. The summed E-state index contributed by atoms with van der Waals surface area (Å²) < 4.78 is 39.4. The van der Waals surface area contributed by atoms with Gasteiger partial charge in [0.2, 0.25) is 10.0 Å². The summed E-state index contributed by atoms with van der Waals surface area (Å²) in [5, 5.41) is 12.1. The first-order valence-electron chi connectivity index (χ1n) is 9.49. The molecule has 0 aliphatic carbocycles. The summed E-state index contributed by atoms with van der Waals surface area (Å²) in [4.78, 5) is 22.8. The van der Waals surface area contributed by atoms with E-state index < -0.39 is 32.6 Å². The minimum atomic E-state index is -4.07. The standard InChI is InChI=1S/C20H19N3O7S2/c1-29-15-7-6-12(10-14(15)23(25)26)32(27,28)22-8-9-30-16(11-22)18-13-4-2-3-5-17(13)31-19(18)20(21)24/h2-7,10,16H,8-9,11H2,1H3,(H2,21,24). The molecule has 1 fully saturated rings. The van der Waals surface area contributed by atoms with E-state index in [1.54, 1.807) is 0 Å². The fraction of sp³-hybridized carbons (Fsp3) is 0.250. The molecular formula is C20H19N3O7S2. The fourth-order valence-corrected chi connectivity index (χ4v) is 6.26. The average molecular weight is 478 g/mol. The summed E-state index contributed by atoms with van der Waals surface area (Å²) in [5.74, 6) is -0.653. The number of hydrogen-bond donors (Lipinski definition) is 1. The third-order valence-electron chi connectivity index (χ3n) is 5.19. The zero-order valence-corrected chi connectivity index (χ0v) is 18.5. The molecule has 1 amide bonds. The van der Waals surface area contributed by atoms with E-state index in [9.17, 15) is 23.3 Å². The quantitative estimate of drug-likeness (QED) is 0.425. The number of amides is 1. The number of nitrogens with zero attached hydrogens (tertiary/aromatic N) is 2. The zero-order valence-electron chi connectivity index (χ0n) is 16.9. The number of nitro benzene ring substituents is 1. The van der Waals surface area contributed by atoms with Crippen molar-refractivity contribution in [2.75, 3.05) is 26.8 Å². The monoisotopic (exact) mass is 477 g/mol. The second-order valence-corrected chi connectivity index (χ2v) is 10.0. The van der Waals surface area contributed by atoms with Crippen LogP contribution in [0.2, 0.25) is 0 Å². The first kappa shape index (κ1) is 22.1. The Morgan fingerprint density at radius 3 is 2.75 bits per heavy atom. The van der Waals surface area contributed by atoms with Crippen molar-refractivity contribution in [2.24, 2.45) is 5.73 Å². The van der Waals surface area contributed by atoms with Crippen LogP contribution in [0.15, 0.2) is 47.4 Å². The Morgan fingerprint density at radius 2 is 2.06 bits per heavy atom. The van der Waals surface area contributed by atoms with E-state index in [1.807, 2.05) is 24.3 Å². The molecule has 0 bridgehead atoms. The summed E-state index contributed by atoms with van der Waals surface area (Å²) in [5.41, 5.74) is 5.69. The summed E-state index contributed by atoms with van der Waals surface area (Å²) in [6, 6.07) is 10.8. The number of hydrogen-bond acceptors (Lipinski definition) is 8. The smallest absolute Gasteiger partial charge is 0.312 e. The van der Waals surface area contributed by atoms with Crippen LogP contribution in [0.4, 0.5) is 5.69 Å². The van der Waals surface area contributed by atoms with Gasteiger partial charge in [0.25, 0.3) is 5.91 Å². The minimum absolute atomic E-state index is 0.0374. The Bertz CT molecular complexity index is 1320. The second-order valence-electron chi connectivity index (χ2n) is 7.02. The van der Waals surface area contributed by atoms with Gasteiger partial charge in [0.15, 0.2) is 5.75 Å². The number of nitro groups is 1. The molecule has 1 atom stereocenters. The van der Waals surface area contributed by atoms with E-state index in [2.05, 4.69) is 0 Å². The number of carbonyl (C=O) groups is 1. The minimum Gasteiger partial charge on any atom is -0.490 e. The number of primary amides is 1. The van der Waals surface area contributed by atoms with Gasteiger partial charge >= 0.3 is 5.69 Å². The molecule has 10 nitrogen and oxygen atoms in total. The molecule has 0 spiro atoms. The number of rotatable bonds is 6. The number of thiophene rings is 1. The lowest BCUT2D eigenvalue weighted by molar-refractivity contribution is -0.386. The molecule has 2 aromatic carbocycles. The Labute approximate surface area is 187 Å². The Kier molecular flexibility index (Phi) is 5.86. The molecule has 12 heteroatoms. The Balaban J connectivity index is 1.72. The van der Waals surface area contributed by atoms with Crippen molar-refractivity contribution in [3.63, 3.8) is 0 Å². The lowest BCUT2D eigenvalue weighted by Crippen LogP contribution is -2.42. The lowest BCUT2D eigenvalue weighted by Gasteiger charge is -2.32. The molecule has 3 aromatic rings. The van der Waals surface area contributed by atoms with Crippen LogP contribution in [0.25, 0.3) is 10.1 Å². The van der Waals surface area contributed by atoms with Crippen molar-refractivity contribution in [3.8, 4) is 5.75 Å². The number of methoxy groups -OCH3 is 1. The molecule has 1 aliphatic heterocycles. The second kappa shape index (κ2) is 8.47. The van der Waals surface area contributed by atoms with Gasteiger partial charge < -0.3 is 15.2 Å². The summed E-state index contributed by atoms with van der Waals surface area (Å²) in [6.45, 7) is 0.0837. The summed E-state index contributed by atoms with van der Waals surface area (Å²) in [6.07, 6.45) is -0.717. The van der Waals surface area contributed by atoms with Gasteiger partial charge in [-0.15, -0.1) is 11.3 Å². The van der Waals surface area contributed by atoms with Gasteiger partial charge in [-0.2, -0.15) is 4.31 Å². The molecule has 2 heterocycles. The number of ether oxygens (including phenoxy) is 2. The third-order valence-corrected chi connectivity index (χ3v) is 8.26. The highest BCUT2D eigenvalue weighted by Crippen LogP contribution is 2.39. The molecule has 1 unspecified atom stereocenters. The molecule has 32 heavy (non-hydrogen) atoms. The Hall–Kier alpha value is -3.06. The topological polar surface area (TPSA) is 142 Å². The van der Waals surface area contributed by atoms with Crippen LogP contribution in [0, 0.1) is 10.1 Å². The zero-order chi connectivity index (χ0) is 23.0. The van der Waals surface area contributed by atoms with Gasteiger partial charge in [0.05, 0.1) is 34.5 Å². The van der Waals surface area contributed by atoms with E-state index in [0.717, 1.165) is 16.2 Å². The average Bonchev–Trinajstić information content (AvgIpc) is 3.18. The summed E-state index contributed by atoms with van der Waals surface area (Å²) in [7, 11) is -2.80. The maximum atomic E-state index is 13.3. The maximum Gasteiger partial charge on any atom is 0.312 e. The van der Waals surface area contributed by atoms with E-state index >= 15 is 0 Å². The van der Waals surface area contributed by atoms with Crippen LogP contribution >= 0.6 is 11.3 Å². The molecule has 0 saturated carbocycles. The van der Waals surface area contributed by atoms with Gasteiger partial charge in [-0.3, -0.25) is 14.9 Å². The molecule has 1 aliphatic rings.